The average Bonchev–Trinajstić information content (AvgIpc) is 2.84. The van der Waals surface area contributed by atoms with Crippen LogP contribution in [0.5, 0.6) is 0 Å². The van der Waals surface area contributed by atoms with E-state index in [4.69, 9.17) is 5.73 Å². The zero-order chi connectivity index (χ0) is 25.7. The molecule has 1 unspecified atom stereocenters. The summed E-state index contributed by atoms with van der Waals surface area (Å²) in [5, 5.41) is 7.15. The van der Waals surface area contributed by atoms with Crippen LogP contribution in [0, 0.1) is 6.92 Å². The van der Waals surface area contributed by atoms with Crippen molar-refractivity contribution in [1.29, 1.82) is 0 Å². The molecule has 1 aromatic rings. The van der Waals surface area contributed by atoms with E-state index in [2.05, 4.69) is 99.9 Å². The van der Waals surface area contributed by atoms with Crippen LogP contribution in [0.25, 0.3) is 0 Å². The second-order valence-corrected chi connectivity index (χ2v) is 10.4. The summed E-state index contributed by atoms with van der Waals surface area (Å²) < 4.78 is 0. The molecular formula is C27H40N8S. The molecule has 6 N–H and O–H groups in total. The van der Waals surface area contributed by atoms with Gasteiger partial charge in [0, 0.05) is 80.3 Å². The number of hydrogen-bond donors (Lipinski definition) is 5. The van der Waals surface area contributed by atoms with Crippen molar-refractivity contribution >= 4 is 17.4 Å². The SMILES string of the molecule is CSc1cc(NNCC2=CC3=C(C=CC(NCCNC4=CC(N)=CN(C)C4)N3C)CN2C)ccc1C. The van der Waals surface area contributed by atoms with Crippen molar-refractivity contribution in [2.45, 2.75) is 18.0 Å². The quantitative estimate of drug-likeness (QED) is 0.186. The molecule has 0 aliphatic carbocycles. The first-order valence-electron chi connectivity index (χ1n) is 12.4. The molecule has 0 saturated carbocycles. The highest BCUT2D eigenvalue weighted by molar-refractivity contribution is 7.98. The number of rotatable bonds is 10. The number of nitrogens with one attached hydrogen (secondary N) is 4. The van der Waals surface area contributed by atoms with Gasteiger partial charge >= 0.3 is 0 Å². The van der Waals surface area contributed by atoms with E-state index in [1.165, 1.54) is 27.4 Å². The van der Waals surface area contributed by atoms with Crippen molar-refractivity contribution in [3.63, 3.8) is 0 Å². The van der Waals surface area contributed by atoms with E-state index >= 15 is 0 Å². The molecule has 0 spiro atoms. The van der Waals surface area contributed by atoms with Crippen LogP contribution in [-0.4, -0.2) is 81.0 Å². The third kappa shape index (κ3) is 6.40. The molecule has 3 aliphatic rings. The Balaban J connectivity index is 1.29. The second kappa shape index (κ2) is 11.8. The summed E-state index contributed by atoms with van der Waals surface area (Å²) >= 11 is 1.77. The lowest BCUT2D eigenvalue weighted by Gasteiger charge is -2.39. The number of thioether (sulfide) groups is 1. The maximum Gasteiger partial charge on any atom is 0.0987 e. The van der Waals surface area contributed by atoms with E-state index in [-0.39, 0.29) is 6.17 Å². The molecule has 0 radical (unpaired) electrons. The van der Waals surface area contributed by atoms with Gasteiger partial charge in [-0.15, -0.1) is 11.8 Å². The molecule has 36 heavy (non-hydrogen) atoms. The van der Waals surface area contributed by atoms with Gasteiger partial charge in [-0.05, 0) is 54.7 Å². The maximum absolute atomic E-state index is 5.96. The summed E-state index contributed by atoms with van der Waals surface area (Å²) in [5.41, 5.74) is 20.9. The normalized spacial score (nSPS) is 19.6. The molecule has 0 fully saturated rings. The Morgan fingerprint density at radius 2 is 1.94 bits per heavy atom. The molecule has 194 valence electrons. The highest BCUT2D eigenvalue weighted by Crippen LogP contribution is 2.27. The Labute approximate surface area is 220 Å². The Kier molecular flexibility index (Phi) is 8.56. The van der Waals surface area contributed by atoms with Crippen LogP contribution in [-0.2, 0) is 0 Å². The molecule has 0 saturated heterocycles. The number of benzene rings is 1. The zero-order valence-corrected chi connectivity index (χ0v) is 22.9. The average molecular weight is 509 g/mol. The first-order valence-corrected chi connectivity index (χ1v) is 13.6. The number of likely N-dealkylation sites (N-methyl/N-ethyl adjacent to an activating group) is 3. The van der Waals surface area contributed by atoms with E-state index in [0.717, 1.165) is 49.8 Å². The summed E-state index contributed by atoms with van der Waals surface area (Å²) in [6.07, 6.45) is 13.0. The van der Waals surface area contributed by atoms with Crippen molar-refractivity contribution in [3.8, 4) is 0 Å². The number of anilines is 1. The van der Waals surface area contributed by atoms with Crippen molar-refractivity contribution < 1.29 is 0 Å². The first kappa shape index (κ1) is 26.1. The minimum Gasteiger partial charge on any atom is -0.398 e. The van der Waals surface area contributed by atoms with Gasteiger partial charge in [0.25, 0.3) is 0 Å². The molecule has 0 aromatic heterocycles. The fraction of sp³-hybridized carbons (Fsp3) is 0.407. The summed E-state index contributed by atoms with van der Waals surface area (Å²) in [5.74, 6) is 0. The van der Waals surface area contributed by atoms with Gasteiger partial charge < -0.3 is 31.2 Å². The Bertz CT molecular complexity index is 1100. The van der Waals surface area contributed by atoms with Crippen LogP contribution in [0.4, 0.5) is 5.69 Å². The number of allylic oxidation sites excluding steroid dienone is 2. The largest absolute Gasteiger partial charge is 0.398 e. The lowest BCUT2D eigenvalue weighted by Crippen LogP contribution is -2.47. The van der Waals surface area contributed by atoms with Gasteiger partial charge in [0.05, 0.1) is 19.3 Å². The van der Waals surface area contributed by atoms with Crippen molar-refractivity contribution in [2.75, 3.05) is 65.5 Å². The molecule has 8 nitrogen and oxygen atoms in total. The fourth-order valence-corrected chi connectivity index (χ4v) is 5.31. The minimum absolute atomic E-state index is 0.156. The van der Waals surface area contributed by atoms with Gasteiger partial charge in [-0.1, -0.05) is 12.1 Å². The third-order valence-electron chi connectivity index (χ3n) is 6.68. The van der Waals surface area contributed by atoms with E-state index in [9.17, 15) is 0 Å². The van der Waals surface area contributed by atoms with Crippen LogP contribution < -0.4 is 27.2 Å². The fourth-order valence-electron chi connectivity index (χ4n) is 4.68. The Morgan fingerprint density at radius 1 is 1.11 bits per heavy atom. The lowest BCUT2D eigenvalue weighted by molar-refractivity contribution is 0.293. The first-order chi connectivity index (χ1) is 17.3. The lowest BCUT2D eigenvalue weighted by atomic mass is 10.0. The van der Waals surface area contributed by atoms with Gasteiger partial charge in [0.1, 0.15) is 0 Å². The van der Waals surface area contributed by atoms with E-state index in [1.807, 2.05) is 19.3 Å². The number of aryl methyl sites for hydroxylation is 1. The van der Waals surface area contributed by atoms with Gasteiger partial charge in [0.2, 0.25) is 0 Å². The van der Waals surface area contributed by atoms with E-state index in [0.29, 0.717) is 0 Å². The molecule has 3 aliphatic heterocycles. The smallest absolute Gasteiger partial charge is 0.0987 e. The maximum atomic E-state index is 5.96. The van der Waals surface area contributed by atoms with E-state index < -0.39 is 0 Å². The van der Waals surface area contributed by atoms with Crippen molar-refractivity contribution in [1.82, 2.24) is 30.8 Å². The summed E-state index contributed by atoms with van der Waals surface area (Å²) in [6, 6.07) is 6.45. The number of hydrazine groups is 1. The van der Waals surface area contributed by atoms with Crippen molar-refractivity contribution in [3.05, 3.63) is 82.6 Å². The Morgan fingerprint density at radius 3 is 2.72 bits per heavy atom. The molecule has 1 aromatic carbocycles. The summed E-state index contributed by atoms with van der Waals surface area (Å²) in [7, 11) is 6.35. The van der Waals surface area contributed by atoms with Crippen LogP contribution in [0.2, 0.25) is 0 Å². The topological polar surface area (TPSA) is 83.9 Å². The molecule has 9 heteroatoms. The van der Waals surface area contributed by atoms with Crippen LogP contribution >= 0.6 is 11.8 Å². The van der Waals surface area contributed by atoms with Gasteiger partial charge in [0.15, 0.2) is 0 Å². The highest BCUT2D eigenvalue weighted by Gasteiger charge is 2.25. The standard InChI is InChI=1S/C27H40N8S/c1-19-6-8-22(13-26(19)36-5)32-31-15-24-14-25-20(16-34(24)3)7-9-27(35(25)4)30-11-10-29-23-12-21(28)17-33(2)18-23/h6-9,12-14,17,27,29-32H,10-11,15-16,18,28H2,1-5H3. The summed E-state index contributed by atoms with van der Waals surface area (Å²) in [4.78, 5) is 8.02. The van der Waals surface area contributed by atoms with Gasteiger partial charge in [-0.2, -0.15) is 0 Å². The van der Waals surface area contributed by atoms with E-state index in [1.54, 1.807) is 11.8 Å². The molecule has 4 rings (SSSR count). The number of nitrogens with zero attached hydrogens (tertiary/aromatic N) is 3. The monoisotopic (exact) mass is 508 g/mol. The molecular weight excluding hydrogens is 468 g/mol. The molecule has 3 heterocycles. The predicted octanol–water partition coefficient (Wildman–Crippen LogP) is 2.35. The zero-order valence-electron chi connectivity index (χ0n) is 22.1. The summed E-state index contributed by atoms with van der Waals surface area (Å²) in [6.45, 7) is 6.32. The second-order valence-electron chi connectivity index (χ2n) is 9.57. The van der Waals surface area contributed by atoms with Crippen LogP contribution in [0.3, 0.4) is 0 Å². The number of nitrogens with two attached hydrogens (primary N) is 1. The predicted molar refractivity (Wildman–Crippen MR) is 152 cm³/mol. The van der Waals surface area contributed by atoms with Gasteiger partial charge in [-0.25, -0.2) is 5.43 Å². The number of hydrogen-bond acceptors (Lipinski definition) is 9. The van der Waals surface area contributed by atoms with Crippen LogP contribution in [0.15, 0.2) is 82.0 Å². The third-order valence-corrected chi connectivity index (χ3v) is 7.56. The minimum atomic E-state index is 0.156. The molecule has 1 atom stereocenters. The highest BCUT2D eigenvalue weighted by atomic mass is 32.2. The molecule has 0 bridgehead atoms. The Hall–Kier alpha value is -3.01. The van der Waals surface area contributed by atoms with Crippen molar-refractivity contribution in [2.24, 2.45) is 5.73 Å². The molecule has 0 amide bonds. The van der Waals surface area contributed by atoms with Crippen LogP contribution in [0.1, 0.15) is 5.56 Å². The van der Waals surface area contributed by atoms with Gasteiger partial charge in [-0.3, -0.25) is 5.32 Å².